The van der Waals surface area contributed by atoms with Crippen molar-refractivity contribution in [1.82, 2.24) is 20.4 Å². The van der Waals surface area contributed by atoms with Gasteiger partial charge in [-0.25, -0.2) is 0 Å². The summed E-state index contributed by atoms with van der Waals surface area (Å²) in [4.78, 5) is 11.7. The van der Waals surface area contributed by atoms with Gasteiger partial charge in [0.05, 0.1) is 12.2 Å². The Morgan fingerprint density at radius 2 is 2.15 bits per heavy atom. The van der Waals surface area contributed by atoms with Gasteiger partial charge in [-0.3, -0.25) is 9.48 Å². The summed E-state index contributed by atoms with van der Waals surface area (Å²) in [6.07, 6.45) is 5.93. The van der Waals surface area contributed by atoms with Gasteiger partial charge in [-0.05, 0) is 39.2 Å². The summed E-state index contributed by atoms with van der Waals surface area (Å²) >= 11 is 0. The molecule has 0 aromatic carbocycles. The number of amides is 1. The highest BCUT2D eigenvalue weighted by Gasteiger charge is 2.14. The number of hydrogen-bond acceptors (Lipinski definition) is 3. The molecular formula is C15H26N4O. The molecule has 0 saturated heterocycles. The van der Waals surface area contributed by atoms with Crippen molar-refractivity contribution < 1.29 is 4.79 Å². The molecule has 0 spiro atoms. The number of aromatic nitrogens is 2. The summed E-state index contributed by atoms with van der Waals surface area (Å²) in [5.41, 5.74) is 2.23. The lowest BCUT2D eigenvalue weighted by Gasteiger charge is -2.11. The minimum atomic E-state index is 0.102. The number of nitrogens with zero attached hydrogens (tertiary/aromatic N) is 2. The summed E-state index contributed by atoms with van der Waals surface area (Å²) in [6.45, 7) is 6.08. The summed E-state index contributed by atoms with van der Waals surface area (Å²) in [5.74, 6) is 0.102. The lowest BCUT2D eigenvalue weighted by Crippen LogP contribution is -2.38. The molecule has 0 unspecified atom stereocenters. The van der Waals surface area contributed by atoms with Crippen molar-refractivity contribution in [3.05, 3.63) is 17.5 Å². The van der Waals surface area contributed by atoms with Gasteiger partial charge in [0, 0.05) is 24.8 Å². The molecule has 1 aliphatic carbocycles. The molecule has 1 aromatic rings. The summed E-state index contributed by atoms with van der Waals surface area (Å²) in [5, 5.41) is 10.7. The standard InChI is InChI=1S/C15H26N4O/c1-12-10-13(2)19(18-12)9-5-8-16-15(20)11-17-14-6-3-4-7-14/h10,14,17H,3-9,11H2,1-2H3,(H,16,20). The van der Waals surface area contributed by atoms with Gasteiger partial charge in [0.1, 0.15) is 0 Å². The van der Waals surface area contributed by atoms with Gasteiger partial charge >= 0.3 is 0 Å². The van der Waals surface area contributed by atoms with Crippen molar-refractivity contribution in [3.63, 3.8) is 0 Å². The molecule has 5 nitrogen and oxygen atoms in total. The number of hydrogen-bond donors (Lipinski definition) is 2. The Labute approximate surface area is 121 Å². The molecule has 1 aromatic heterocycles. The highest BCUT2D eigenvalue weighted by molar-refractivity contribution is 5.77. The van der Waals surface area contributed by atoms with E-state index in [1.165, 1.54) is 31.4 Å². The highest BCUT2D eigenvalue weighted by atomic mass is 16.1. The van der Waals surface area contributed by atoms with Crippen LogP contribution in [0.15, 0.2) is 6.07 Å². The van der Waals surface area contributed by atoms with Crippen LogP contribution in [0.5, 0.6) is 0 Å². The van der Waals surface area contributed by atoms with E-state index in [1.807, 2.05) is 11.6 Å². The van der Waals surface area contributed by atoms with Crippen LogP contribution in [0.3, 0.4) is 0 Å². The van der Waals surface area contributed by atoms with E-state index in [0.29, 0.717) is 19.1 Å². The highest BCUT2D eigenvalue weighted by Crippen LogP contribution is 2.17. The molecule has 0 radical (unpaired) electrons. The molecule has 0 aliphatic heterocycles. The average molecular weight is 278 g/mol. The van der Waals surface area contributed by atoms with Crippen LogP contribution in [0, 0.1) is 13.8 Å². The lowest BCUT2D eigenvalue weighted by molar-refractivity contribution is -0.120. The van der Waals surface area contributed by atoms with E-state index < -0.39 is 0 Å². The van der Waals surface area contributed by atoms with E-state index in [2.05, 4.69) is 28.7 Å². The fourth-order valence-corrected chi connectivity index (χ4v) is 2.79. The number of nitrogens with one attached hydrogen (secondary N) is 2. The zero-order valence-corrected chi connectivity index (χ0v) is 12.6. The third-order valence-electron chi connectivity index (χ3n) is 3.88. The fraction of sp³-hybridized carbons (Fsp3) is 0.733. The molecule has 1 aliphatic rings. The normalized spacial score (nSPS) is 15.7. The van der Waals surface area contributed by atoms with Crippen molar-refractivity contribution in [3.8, 4) is 0 Å². The molecule has 2 rings (SSSR count). The van der Waals surface area contributed by atoms with Crippen LogP contribution in [0.4, 0.5) is 0 Å². The molecule has 5 heteroatoms. The molecule has 20 heavy (non-hydrogen) atoms. The van der Waals surface area contributed by atoms with E-state index in [-0.39, 0.29) is 5.91 Å². The summed E-state index contributed by atoms with van der Waals surface area (Å²) in [6, 6.07) is 2.62. The Balaban J connectivity index is 1.56. The zero-order valence-electron chi connectivity index (χ0n) is 12.6. The number of carbonyl (C=O) groups is 1. The van der Waals surface area contributed by atoms with Gasteiger partial charge in [0.25, 0.3) is 0 Å². The van der Waals surface area contributed by atoms with E-state index >= 15 is 0 Å². The van der Waals surface area contributed by atoms with Crippen LogP contribution in [-0.2, 0) is 11.3 Å². The first-order valence-electron chi connectivity index (χ1n) is 7.66. The largest absolute Gasteiger partial charge is 0.355 e. The zero-order chi connectivity index (χ0) is 14.4. The maximum absolute atomic E-state index is 11.7. The minimum absolute atomic E-state index is 0.102. The van der Waals surface area contributed by atoms with Gasteiger partial charge in [-0.15, -0.1) is 0 Å². The third kappa shape index (κ3) is 4.63. The van der Waals surface area contributed by atoms with Crippen molar-refractivity contribution >= 4 is 5.91 Å². The quantitative estimate of drug-likeness (QED) is 0.744. The van der Waals surface area contributed by atoms with Crippen LogP contribution in [0.2, 0.25) is 0 Å². The number of rotatable bonds is 7. The molecule has 0 atom stereocenters. The third-order valence-corrected chi connectivity index (χ3v) is 3.88. The number of aryl methyl sites for hydroxylation is 3. The van der Waals surface area contributed by atoms with E-state index in [9.17, 15) is 4.79 Å². The van der Waals surface area contributed by atoms with Crippen molar-refractivity contribution in [2.45, 2.75) is 58.5 Å². The lowest BCUT2D eigenvalue weighted by atomic mass is 10.2. The monoisotopic (exact) mass is 278 g/mol. The maximum Gasteiger partial charge on any atom is 0.233 e. The maximum atomic E-state index is 11.7. The van der Waals surface area contributed by atoms with Crippen LogP contribution >= 0.6 is 0 Å². The Kier molecular flexibility index (Phi) is 5.59. The summed E-state index contributed by atoms with van der Waals surface area (Å²) in [7, 11) is 0. The molecule has 2 N–H and O–H groups in total. The Morgan fingerprint density at radius 1 is 1.40 bits per heavy atom. The molecule has 1 saturated carbocycles. The van der Waals surface area contributed by atoms with Crippen LogP contribution in [-0.4, -0.2) is 34.8 Å². The van der Waals surface area contributed by atoms with Gasteiger partial charge in [0.2, 0.25) is 5.91 Å². The van der Waals surface area contributed by atoms with Crippen LogP contribution < -0.4 is 10.6 Å². The molecule has 1 fully saturated rings. The van der Waals surface area contributed by atoms with Crippen molar-refractivity contribution in [2.24, 2.45) is 0 Å². The second-order valence-electron chi connectivity index (χ2n) is 5.72. The first-order valence-corrected chi connectivity index (χ1v) is 7.66. The average Bonchev–Trinajstić information content (AvgIpc) is 3.02. The molecule has 0 bridgehead atoms. The predicted octanol–water partition coefficient (Wildman–Crippen LogP) is 1.54. The van der Waals surface area contributed by atoms with E-state index in [0.717, 1.165) is 18.7 Å². The van der Waals surface area contributed by atoms with Crippen LogP contribution in [0.1, 0.15) is 43.5 Å². The number of carbonyl (C=O) groups excluding carboxylic acids is 1. The first kappa shape index (κ1) is 15.0. The van der Waals surface area contributed by atoms with E-state index in [4.69, 9.17) is 0 Å². The topological polar surface area (TPSA) is 59.0 Å². The fourth-order valence-electron chi connectivity index (χ4n) is 2.79. The summed E-state index contributed by atoms with van der Waals surface area (Å²) < 4.78 is 2.00. The predicted molar refractivity (Wildman–Crippen MR) is 79.6 cm³/mol. The Bertz CT molecular complexity index is 435. The Morgan fingerprint density at radius 3 is 2.80 bits per heavy atom. The second kappa shape index (κ2) is 7.43. The Hall–Kier alpha value is -1.36. The van der Waals surface area contributed by atoms with Crippen molar-refractivity contribution in [1.29, 1.82) is 0 Å². The smallest absolute Gasteiger partial charge is 0.233 e. The van der Waals surface area contributed by atoms with Gasteiger partial charge in [0.15, 0.2) is 0 Å². The van der Waals surface area contributed by atoms with Gasteiger partial charge < -0.3 is 10.6 Å². The minimum Gasteiger partial charge on any atom is -0.355 e. The van der Waals surface area contributed by atoms with Crippen molar-refractivity contribution in [2.75, 3.05) is 13.1 Å². The van der Waals surface area contributed by atoms with Gasteiger partial charge in [-0.1, -0.05) is 12.8 Å². The molecule has 112 valence electrons. The molecule has 1 amide bonds. The van der Waals surface area contributed by atoms with Gasteiger partial charge in [-0.2, -0.15) is 5.10 Å². The van der Waals surface area contributed by atoms with Crippen LogP contribution in [0.25, 0.3) is 0 Å². The second-order valence-corrected chi connectivity index (χ2v) is 5.72. The SMILES string of the molecule is Cc1cc(C)n(CCCNC(=O)CNC2CCCC2)n1. The molecule has 1 heterocycles. The van der Waals surface area contributed by atoms with E-state index in [1.54, 1.807) is 0 Å². The first-order chi connectivity index (χ1) is 9.65. The molecular weight excluding hydrogens is 252 g/mol.